The second kappa shape index (κ2) is 8.59. The molecule has 0 atom stereocenters. The second-order valence-electron chi connectivity index (χ2n) is 5.95. The third-order valence-corrected chi connectivity index (χ3v) is 5.16. The molecular formula is C20H15ClF2N4OS. The summed E-state index contributed by atoms with van der Waals surface area (Å²) in [6, 6.07) is 14.1. The molecule has 0 saturated heterocycles. The van der Waals surface area contributed by atoms with Gasteiger partial charge in [-0.15, -0.1) is 22.6 Å². The number of halogens is 3. The lowest BCUT2D eigenvalue weighted by molar-refractivity contribution is 0.0963. The molecule has 2 heterocycles. The van der Waals surface area contributed by atoms with Crippen LogP contribution in [0.15, 0.2) is 70.6 Å². The Morgan fingerprint density at radius 2 is 1.79 bits per heavy atom. The average molecular weight is 433 g/mol. The first kappa shape index (κ1) is 20.8. The Bertz CT molecular complexity index is 1180. The minimum atomic E-state index is -0.612. The highest BCUT2D eigenvalue weighted by molar-refractivity contribution is 7.99. The molecule has 0 radical (unpaired) electrons. The Kier molecular flexibility index (Phi) is 6.14. The fourth-order valence-corrected chi connectivity index (χ4v) is 3.57. The largest absolute Gasteiger partial charge is 0.355 e. The lowest BCUT2D eigenvalue weighted by atomic mass is 10.1. The number of amides is 1. The summed E-state index contributed by atoms with van der Waals surface area (Å²) in [6.45, 7) is 0. The van der Waals surface area contributed by atoms with Crippen LogP contribution in [0.25, 0.3) is 17.0 Å². The summed E-state index contributed by atoms with van der Waals surface area (Å²) in [7, 11) is 1.57. The van der Waals surface area contributed by atoms with E-state index in [1.807, 2.05) is 0 Å². The third-order valence-electron chi connectivity index (χ3n) is 4.13. The van der Waals surface area contributed by atoms with Crippen molar-refractivity contribution in [2.75, 3.05) is 7.05 Å². The summed E-state index contributed by atoms with van der Waals surface area (Å²) in [6.07, 6.45) is 1.80. The van der Waals surface area contributed by atoms with Crippen LogP contribution < -0.4 is 5.32 Å². The van der Waals surface area contributed by atoms with Gasteiger partial charge in [-0.2, -0.15) is 0 Å². The average Bonchev–Trinajstić information content (AvgIpc) is 3.13. The molecule has 2 aromatic heterocycles. The fourth-order valence-electron chi connectivity index (χ4n) is 2.73. The molecule has 0 aliphatic rings. The number of nitrogens with zero attached hydrogens (tertiary/aromatic N) is 3. The zero-order chi connectivity index (χ0) is 19.7. The van der Waals surface area contributed by atoms with Gasteiger partial charge in [0, 0.05) is 40.2 Å². The van der Waals surface area contributed by atoms with Crippen LogP contribution >= 0.6 is 24.2 Å². The third kappa shape index (κ3) is 4.23. The lowest BCUT2D eigenvalue weighted by Gasteiger charge is -2.06. The SMILES string of the molecule is CNC(=O)c1ccc(-c2nnc3ccc(Sc4ccc(F)cc4F)cn23)cc1.Cl. The van der Waals surface area contributed by atoms with Crippen LogP contribution in [-0.2, 0) is 0 Å². The van der Waals surface area contributed by atoms with Crippen molar-refractivity contribution in [2.45, 2.75) is 9.79 Å². The van der Waals surface area contributed by atoms with E-state index >= 15 is 0 Å². The summed E-state index contributed by atoms with van der Waals surface area (Å²) in [5.41, 5.74) is 1.97. The molecule has 0 fully saturated rings. The summed E-state index contributed by atoms with van der Waals surface area (Å²) in [5, 5.41) is 10.9. The quantitative estimate of drug-likeness (QED) is 0.511. The number of hydrogen-bond acceptors (Lipinski definition) is 4. The Hall–Kier alpha value is -2.97. The van der Waals surface area contributed by atoms with Crippen LogP contribution in [0.2, 0.25) is 0 Å². The Morgan fingerprint density at radius 3 is 2.48 bits per heavy atom. The molecule has 4 aromatic rings. The van der Waals surface area contributed by atoms with Crippen LogP contribution in [0.1, 0.15) is 10.4 Å². The molecule has 0 saturated carbocycles. The highest BCUT2D eigenvalue weighted by atomic mass is 35.5. The number of hydrogen-bond donors (Lipinski definition) is 1. The van der Waals surface area contributed by atoms with Crippen LogP contribution in [0.4, 0.5) is 8.78 Å². The Morgan fingerprint density at radius 1 is 1.03 bits per heavy atom. The molecule has 5 nitrogen and oxygen atoms in total. The number of benzene rings is 2. The van der Waals surface area contributed by atoms with Gasteiger partial charge in [0.2, 0.25) is 0 Å². The predicted molar refractivity (Wildman–Crippen MR) is 110 cm³/mol. The topological polar surface area (TPSA) is 59.3 Å². The van der Waals surface area contributed by atoms with Crippen molar-refractivity contribution < 1.29 is 13.6 Å². The first-order chi connectivity index (χ1) is 13.5. The highest BCUT2D eigenvalue weighted by Gasteiger charge is 2.12. The maximum absolute atomic E-state index is 13.9. The number of pyridine rings is 1. The summed E-state index contributed by atoms with van der Waals surface area (Å²) >= 11 is 1.18. The van der Waals surface area contributed by atoms with E-state index in [-0.39, 0.29) is 18.3 Å². The summed E-state index contributed by atoms with van der Waals surface area (Å²) in [4.78, 5) is 12.8. The second-order valence-corrected chi connectivity index (χ2v) is 7.07. The van der Waals surface area contributed by atoms with Gasteiger partial charge in [0.1, 0.15) is 11.6 Å². The van der Waals surface area contributed by atoms with Crippen LogP contribution in [0.3, 0.4) is 0 Å². The van der Waals surface area contributed by atoms with Crippen molar-refractivity contribution >= 4 is 35.7 Å². The van der Waals surface area contributed by atoms with Gasteiger partial charge in [-0.05, 0) is 36.4 Å². The Balaban J connectivity index is 0.00000240. The van der Waals surface area contributed by atoms with Crippen molar-refractivity contribution in [3.63, 3.8) is 0 Å². The van der Waals surface area contributed by atoms with Gasteiger partial charge in [0.05, 0.1) is 0 Å². The van der Waals surface area contributed by atoms with Gasteiger partial charge in [0.25, 0.3) is 5.91 Å². The minimum absolute atomic E-state index is 0. The van der Waals surface area contributed by atoms with Gasteiger partial charge >= 0.3 is 0 Å². The smallest absolute Gasteiger partial charge is 0.251 e. The van der Waals surface area contributed by atoms with Gasteiger partial charge in [-0.1, -0.05) is 23.9 Å². The van der Waals surface area contributed by atoms with E-state index in [0.29, 0.717) is 21.9 Å². The van der Waals surface area contributed by atoms with E-state index in [1.165, 1.54) is 23.9 Å². The van der Waals surface area contributed by atoms with E-state index in [4.69, 9.17) is 0 Å². The molecule has 2 aromatic carbocycles. The number of aromatic nitrogens is 3. The number of carbonyl (C=O) groups is 1. The molecule has 0 aliphatic heterocycles. The standard InChI is InChI=1S/C20H14F2N4OS.ClH/c1-23-20(27)13-4-2-12(3-5-13)19-25-24-18-9-7-15(11-26(18)19)28-17-8-6-14(21)10-16(17)22;/h2-11H,1H3,(H,23,27);1H. The fraction of sp³-hybridized carbons (Fsp3) is 0.0500. The van der Waals surface area contributed by atoms with Gasteiger partial charge in [-0.25, -0.2) is 8.78 Å². The zero-order valence-corrected chi connectivity index (χ0v) is 16.7. The van der Waals surface area contributed by atoms with Crippen LogP contribution in [0, 0.1) is 11.6 Å². The highest BCUT2D eigenvalue weighted by Crippen LogP contribution is 2.31. The molecule has 9 heteroatoms. The van der Waals surface area contributed by atoms with Crippen molar-refractivity contribution in [1.29, 1.82) is 0 Å². The first-order valence-electron chi connectivity index (χ1n) is 8.35. The maximum Gasteiger partial charge on any atom is 0.251 e. The van der Waals surface area contributed by atoms with Crippen LogP contribution in [0.5, 0.6) is 0 Å². The molecule has 29 heavy (non-hydrogen) atoms. The molecule has 1 amide bonds. The number of fused-ring (bicyclic) bond motifs is 1. The molecular weight excluding hydrogens is 418 g/mol. The van der Waals surface area contributed by atoms with Gasteiger partial charge < -0.3 is 5.32 Å². The molecule has 4 rings (SSSR count). The normalized spacial score (nSPS) is 10.6. The minimum Gasteiger partial charge on any atom is -0.355 e. The summed E-state index contributed by atoms with van der Waals surface area (Å²) in [5.74, 6) is -0.796. The number of nitrogens with one attached hydrogen (secondary N) is 1. The molecule has 0 aliphatic carbocycles. The number of carbonyl (C=O) groups excluding carboxylic acids is 1. The summed E-state index contributed by atoms with van der Waals surface area (Å²) < 4.78 is 28.8. The van der Waals surface area contributed by atoms with E-state index in [1.54, 1.807) is 54.0 Å². The van der Waals surface area contributed by atoms with E-state index < -0.39 is 11.6 Å². The molecule has 0 spiro atoms. The van der Waals surface area contributed by atoms with Gasteiger partial charge in [-0.3, -0.25) is 9.20 Å². The molecule has 1 N–H and O–H groups in total. The zero-order valence-electron chi connectivity index (χ0n) is 15.1. The van der Waals surface area contributed by atoms with Crippen LogP contribution in [-0.4, -0.2) is 27.6 Å². The van der Waals surface area contributed by atoms with E-state index in [2.05, 4.69) is 15.5 Å². The first-order valence-corrected chi connectivity index (χ1v) is 9.17. The van der Waals surface area contributed by atoms with Crippen molar-refractivity contribution in [3.05, 3.63) is 78.0 Å². The van der Waals surface area contributed by atoms with E-state index in [9.17, 15) is 13.6 Å². The van der Waals surface area contributed by atoms with Crippen molar-refractivity contribution in [2.24, 2.45) is 0 Å². The monoisotopic (exact) mass is 432 g/mol. The molecule has 148 valence electrons. The lowest BCUT2D eigenvalue weighted by Crippen LogP contribution is -2.17. The molecule has 0 unspecified atom stereocenters. The Labute approximate surface area is 175 Å². The van der Waals surface area contributed by atoms with Gasteiger partial charge in [0.15, 0.2) is 11.5 Å². The number of rotatable bonds is 4. The maximum atomic E-state index is 13.9. The van der Waals surface area contributed by atoms with Crippen molar-refractivity contribution in [1.82, 2.24) is 19.9 Å². The van der Waals surface area contributed by atoms with Crippen molar-refractivity contribution in [3.8, 4) is 11.4 Å². The molecule has 0 bridgehead atoms. The van der Waals surface area contributed by atoms with E-state index in [0.717, 1.165) is 16.5 Å². The predicted octanol–water partition coefficient (Wildman–Crippen LogP) is 4.61.